The SMILES string of the molecule is CC(C)CN(c1ccc(CN)c(Cl)c1)C1CCCC1. The van der Waals surface area contributed by atoms with E-state index in [1.165, 1.54) is 31.4 Å². The molecule has 106 valence electrons. The zero-order valence-corrected chi connectivity index (χ0v) is 12.8. The molecular formula is C16H25ClN2. The van der Waals surface area contributed by atoms with Crippen LogP contribution in [0.15, 0.2) is 18.2 Å². The number of anilines is 1. The number of nitrogens with zero attached hydrogens (tertiary/aromatic N) is 1. The normalized spacial score (nSPS) is 16.3. The fourth-order valence-corrected chi connectivity index (χ4v) is 3.21. The molecule has 0 aromatic heterocycles. The topological polar surface area (TPSA) is 29.3 Å². The number of hydrogen-bond acceptors (Lipinski definition) is 2. The van der Waals surface area contributed by atoms with Crippen LogP contribution in [-0.2, 0) is 6.54 Å². The molecule has 0 amide bonds. The minimum absolute atomic E-state index is 0.507. The van der Waals surface area contributed by atoms with Crippen LogP contribution in [0, 0.1) is 5.92 Å². The van der Waals surface area contributed by atoms with Crippen LogP contribution < -0.4 is 10.6 Å². The summed E-state index contributed by atoms with van der Waals surface area (Å²) >= 11 is 6.31. The van der Waals surface area contributed by atoms with Crippen molar-refractivity contribution in [3.63, 3.8) is 0 Å². The van der Waals surface area contributed by atoms with Crippen molar-refractivity contribution in [1.82, 2.24) is 0 Å². The predicted molar refractivity (Wildman–Crippen MR) is 83.8 cm³/mol. The Labute approximate surface area is 121 Å². The second-order valence-corrected chi connectivity index (χ2v) is 6.37. The Hall–Kier alpha value is -0.730. The molecule has 1 fully saturated rings. The van der Waals surface area contributed by atoms with E-state index >= 15 is 0 Å². The van der Waals surface area contributed by atoms with E-state index in [0.717, 1.165) is 17.1 Å². The van der Waals surface area contributed by atoms with Crippen molar-refractivity contribution in [2.45, 2.75) is 52.1 Å². The van der Waals surface area contributed by atoms with E-state index in [4.69, 9.17) is 17.3 Å². The summed E-state index contributed by atoms with van der Waals surface area (Å²) in [7, 11) is 0. The van der Waals surface area contributed by atoms with Gasteiger partial charge in [0.05, 0.1) is 0 Å². The molecule has 0 atom stereocenters. The quantitative estimate of drug-likeness (QED) is 0.876. The summed E-state index contributed by atoms with van der Waals surface area (Å²) in [5, 5.41) is 0.798. The van der Waals surface area contributed by atoms with Crippen LogP contribution in [0.5, 0.6) is 0 Å². The fourth-order valence-electron chi connectivity index (χ4n) is 2.96. The molecule has 1 aromatic carbocycles. The molecule has 2 N–H and O–H groups in total. The van der Waals surface area contributed by atoms with Crippen molar-refractivity contribution >= 4 is 17.3 Å². The Kier molecular flexibility index (Phi) is 5.12. The highest BCUT2D eigenvalue weighted by Gasteiger charge is 2.23. The first-order chi connectivity index (χ1) is 9.11. The van der Waals surface area contributed by atoms with Gasteiger partial charge in [0.2, 0.25) is 0 Å². The van der Waals surface area contributed by atoms with Gasteiger partial charge in [-0.1, -0.05) is 44.4 Å². The largest absolute Gasteiger partial charge is 0.368 e. The van der Waals surface area contributed by atoms with Crippen molar-refractivity contribution in [3.8, 4) is 0 Å². The zero-order valence-electron chi connectivity index (χ0n) is 12.0. The van der Waals surface area contributed by atoms with Crippen LogP contribution >= 0.6 is 11.6 Å². The molecule has 0 saturated heterocycles. The van der Waals surface area contributed by atoms with E-state index in [9.17, 15) is 0 Å². The molecule has 0 aliphatic heterocycles. The summed E-state index contributed by atoms with van der Waals surface area (Å²) in [6.45, 7) is 6.16. The number of rotatable bonds is 5. The van der Waals surface area contributed by atoms with Crippen LogP contribution in [0.1, 0.15) is 45.1 Å². The van der Waals surface area contributed by atoms with E-state index in [1.54, 1.807) is 0 Å². The first-order valence-electron chi connectivity index (χ1n) is 7.37. The Bertz CT molecular complexity index is 411. The van der Waals surface area contributed by atoms with E-state index in [1.807, 2.05) is 0 Å². The Morgan fingerprint density at radius 2 is 2.00 bits per heavy atom. The van der Waals surface area contributed by atoms with E-state index in [0.29, 0.717) is 18.5 Å². The lowest BCUT2D eigenvalue weighted by Gasteiger charge is -2.33. The van der Waals surface area contributed by atoms with Gasteiger partial charge in [0, 0.05) is 29.8 Å². The van der Waals surface area contributed by atoms with Gasteiger partial charge in [-0.15, -0.1) is 0 Å². The first kappa shape index (κ1) is 14.7. The predicted octanol–water partition coefficient (Wildman–Crippen LogP) is 4.20. The number of nitrogens with two attached hydrogens (primary N) is 1. The molecule has 19 heavy (non-hydrogen) atoms. The number of halogens is 1. The summed E-state index contributed by atoms with van der Waals surface area (Å²) in [4.78, 5) is 2.55. The number of hydrogen-bond donors (Lipinski definition) is 1. The molecule has 1 saturated carbocycles. The molecule has 0 radical (unpaired) electrons. The molecule has 1 aliphatic rings. The maximum absolute atomic E-state index is 6.31. The van der Waals surface area contributed by atoms with E-state index in [-0.39, 0.29) is 0 Å². The standard InChI is InChI=1S/C16H25ClN2/c1-12(2)11-19(14-5-3-4-6-14)15-8-7-13(10-18)16(17)9-15/h7-9,12,14H,3-6,10-11,18H2,1-2H3. The average Bonchev–Trinajstić information content (AvgIpc) is 2.89. The van der Waals surface area contributed by atoms with Gasteiger partial charge in [-0.25, -0.2) is 0 Å². The Balaban J connectivity index is 2.23. The van der Waals surface area contributed by atoms with Gasteiger partial charge < -0.3 is 10.6 Å². The Morgan fingerprint density at radius 1 is 1.32 bits per heavy atom. The van der Waals surface area contributed by atoms with Gasteiger partial charge in [-0.2, -0.15) is 0 Å². The van der Waals surface area contributed by atoms with Crippen LogP contribution in [0.2, 0.25) is 5.02 Å². The minimum atomic E-state index is 0.507. The van der Waals surface area contributed by atoms with Crippen LogP contribution in [0.4, 0.5) is 5.69 Å². The van der Waals surface area contributed by atoms with Crippen molar-refractivity contribution in [2.24, 2.45) is 11.7 Å². The molecule has 3 heteroatoms. The summed E-state index contributed by atoms with van der Waals surface area (Å²) in [6.07, 6.45) is 5.33. The fraction of sp³-hybridized carbons (Fsp3) is 0.625. The monoisotopic (exact) mass is 280 g/mol. The van der Waals surface area contributed by atoms with Gasteiger partial charge in [0.25, 0.3) is 0 Å². The lowest BCUT2D eigenvalue weighted by molar-refractivity contribution is 0.536. The Morgan fingerprint density at radius 3 is 2.53 bits per heavy atom. The van der Waals surface area contributed by atoms with Crippen LogP contribution in [0.25, 0.3) is 0 Å². The summed E-state index contributed by atoms with van der Waals surface area (Å²) < 4.78 is 0. The summed E-state index contributed by atoms with van der Waals surface area (Å²) in [5.41, 5.74) is 7.96. The highest BCUT2D eigenvalue weighted by Crippen LogP contribution is 2.31. The minimum Gasteiger partial charge on any atom is -0.368 e. The highest BCUT2D eigenvalue weighted by molar-refractivity contribution is 6.31. The lowest BCUT2D eigenvalue weighted by Crippen LogP contribution is -2.36. The molecule has 2 rings (SSSR count). The van der Waals surface area contributed by atoms with E-state index < -0.39 is 0 Å². The lowest BCUT2D eigenvalue weighted by atomic mass is 10.1. The summed E-state index contributed by atoms with van der Waals surface area (Å²) in [6, 6.07) is 7.02. The van der Waals surface area contributed by atoms with Crippen molar-refractivity contribution in [3.05, 3.63) is 28.8 Å². The van der Waals surface area contributed by atoms with Gasteiger partial charge in [-0.3, -0.25) is 0 Å². The molecule has 2 nitrogen and oxygen atoms in total. The van der Waals surface area contributed by atoms with Gasteiger partial charge in [0.1, 0.15) is 0 Å². The maximum atomic E-state index is 6.31. The third kappa shape index (κ3) is 3.64. The second-order valence-electron chi connectivity index (χ2n) is 5.96. The highest BCUT2D eigenvalue weighted by atomic mass is 35.5. The molecular weight excluding hydrogens is 256 g/mol. The molecule has 1 aliphatic carbocycles. The smallest absolute Gasteiger partial charge is 0.0471 e. The molecule has 1 aromatic rings. The molecule has 0 heterocycles. The van der Waals surface area contributed by atoms with Crippen LogP contribution in [-0.4, -0.2) is 12.6 Å². The van der Waals surface area contributed by atoms with Crippen LogP contribution in [0.3, 0.4) is 0 Å². The van der Waals surface area contributed by atoms with Gasteiger partial charge in [0.15, 0.2) is 0 Å². The number of benzene rings is 1. The average molecular weight is 281 g/mol. The third-order valence-electron chi connectivity index (χ3n) is 3.92. The molecule has 0 unspecified atom stereocenters. The van der Waals surface area contributed by atoms with Crippen molar-refractivity contribution in [1.29, 1.82) is 0 Å². The van der Waals surface area contributed by atoms with E-state index in [2.05, 4.69) is 36.9 Å². The summed E-state index contributed by atoms with van der Waals surface area (Å²) in [5.74, 6) is 0.661. The third-order valence-corrected chi connectivity index (χ3v) is 4.27. The molecule has 0 bridgehead atoms. The first-order valence-corrected chi connectivity index (χ1v) is 7.74. The van der Waals surface area contributed by atoms with Gasteiger partial charge >= 0.3 is 0 Å². The van der Waals surface area contributed by atoms with Crippen molar-refractivity contribution < 1.29 is 0 Å². The second kappa shape index (κ2) is 6.62. The van der Waals surface area contributed by atoms with Crippen molar-refractivity contribution in [2.75, 3.05) is 11.4 Å². The maximum Gasteiger partial charge on any atom is 0.0471 e. The van der Waals surface area contributed by atoms with Gasteiger partial charge in [-0.05, 0) is 36.5 Å². The molecule has 0 spiro atoms. The zero-order chi connectivity index (χ0) is 13.8.